The van der Waals surface area contributed by atoms with Crippen LogP contribution in [0.4, 0.5) is 0 Å². The van der Waals surface area contributed by atoms with Gasteiger partial charge in [-0.3, -0.25) is 9.78 Å². The number of likely N-dealkylation sites (tertiary alicyclic amines) is 1. The predicted molar refractivity (Wildman–Crippen MR) is 98.0 cm³/mol. The lowest BCUT2D eigenvalue weighted by atomic mass is 10.0. The molecule has 2 heterocycles. The highest BCUT2D eigenvalue weighted by atomic mass is 79.9. The Morgan fingerprint density at radius 1 is 1.25 bits per heavy atom. The number of amides is 1. The molecule has 1 aliphatic rings. The molecule has 2 aromatic rings. The van der Waals surface area contributed by atoms with Crippen molar-refractivity contribution >= 4 is 21.8 Å². The minimum Gasteiger partial charge on any atom is -0.381 e. The highest BCUT2D eigenvalue weighted by molar-refractivity contribution is 9.10. The summed E-state index contributed by atoms with van der Waals surface area (Å²) in [4.78, 5) is 19.3. The number of halogens is 1. The van der Waals surface area contributed by atoms with Crippen molar-refractivity contribution in [1.29, 1.82) is 0 Å². The first-order chi connectivity index (χ1) is 11.6. The molecule has 0 saturated carbocycles. The van der Waals surface area contributed by atoms with Crippen molar-refractivity contribution in [2.75, 3.05) is 20.2 Å². The molecule has 126 valence electrons. The van der Waals surface area contributed by atoms with Gasteiger partial charge in [-0.15, -0.1) is 0 Å². The van der Waals surface area contributed by atoms with E-state index in [0.29, 0.717) is 5.56 Å². The Morgan fingerprint density at radius 2 is 2.00 bits per heavy atom. The average Bonchev–Trinajstić information content (AvgIpc) is 2.61. The smallest absolute Gasteiger partial charge is 0.255 e. The third-order valence-corrected chi connectivity index (χ3v) is 4.99. The van der Waals surface area contributed by atoms with Crippen LogP contribution in [0.25, 0.3) is 11.3 Å². The lowest BCUT2D eigenvalue weighted by Crippen LogP contribution is -2.40. The molecule has 24 heavy (non-hydrogen) atoms. The summed E-state index contributed by atoms with van der Waals surface area (Å²) in [5, 5.41) is 0. The molecule has 4 nitrogen and oxygen atoms in total. The van der Waals surface area contributed by atoms with Gasteiger partial charge >= 0.3 is 0 Å². The summed E-state index contributed by atoms with van der Waals surface area (Å²) in [6, 6.07) is 11.8. The number of rotatable bonds is 3. The largest absolute Gasteiger partial charge is 0.381 e. The highest BCUT2D eigenvalue weighted by Gasteiger charge is 2.24. The van der Waals surface area contributed by atoms with Gasteiger partial charge in [-0.1, -0.05) is 28.1 Å². The Morgan fingerprint density at radius 3 is 2.62 bits per heavy atom. The quantitative estimate of drug-likeness (QED) is 0.795. The maximum Gasteiger partial charge on any atom is 0.255 e. The lowest BCUT2D eigenvalue weighted by molar-refractivity contribution is 0.0350. The van der Waals surface area contributed by atoms with E-state index in [0.717, 1.165) is 47.4 Å². The zero-order chi connectivity index (χ0) is 17.1. The summed E-state index contributed by atoms with van der Waals surface area (Å²) in [5.41, 5.74) is 3.37. The van der Waals surface area contributed by atoms with Crippen LogP contribution in [0.15, 0.2) is 40.9 Å². The minimum atomic E-state index is 0.0651. The predicted octanol–water partition coefficient (Wildman–Crippen LogP) is 4.07. The number of methoxy groups -OCH3 is 1. The third kappa shape index (κ3) is 3.68. The van der Waals surface area contributed by atoms with E-state index in [2.05, 4.69) is 20.9 Å². The topological polar surface area (TPSA) is 42.4 Å². The summed E-state index contributed by atoms with van der Waals surface area (Å²) >= 11 is 3.48. The van der Waals surface area contributed by atoms with Gasteiger partial charge in [0.2, 0.25) is 0 Å². The molecule has 1 fully saturated rings. The minimum absolute atomic E-state index is 0.0651. The van der Waals surface area contributed by atoms with Crippen LogP contribution in [0.5, 0.6) is 0 Å². The summed E-state index contributed by atoms with van der Waals surface area (Å²) in [7, 11) is 1.73. The van der Waals surface area contributed by atoms with E-state index >= 15 is 0 Å². The number of pyridine rings is 1. The third-order valence-electron chi connectivity index (χ3n) is 4.50. The van der Waals surface area contributed by atoms with Crippen molar-refractivity contribution in [1.82, 2.24) is 9.88 Å². The first-order valence-corrected chi connectivity index (χ1v) is 8.93. The fraction of sp³-hybridized carbons (Fsp3) is 0.368. The highest BCUT2D eigenvalue weighted by Crippen LogP contribution is 2.23. The van der Waals surface area contributed by atoms with E-state index in [1.54, 1.807) is 7.11 Å². The van der Waals surface area contributed by atoms with Crippen LogP contribution in [-0.2, 0) is 4.74 Å². The molecular formula is C19H21BrN2O2. The number of piperidine rings is 1. The molecule has 0 unspecified atom stereocenters. The number of hydrogen-bond acceptors (Lipinski definition) is 3. The molecule has 1 saturated heterocycles. The monoisotopic (exact) mass is 388 g/mol. The number of hydrogen-bond donors (Lipinski definition) is 0. The van der Waals surface area contributed by atoms with Crippen molar-refractivity contribution in [2.45, 2.75) is 25.9 Å². The van der Waals surface area contributed by atoms with Crippen molar-refractivity contribution in [3.8, 4) is 11.3 Å². The average molecular weight is 389 g/mol. The number of carbonyl (C=O) groups is 1. The van der Waals surface area contributed by atoms with Gasteiger partial charge in [-0.2, -0.15) is 0 Å². The molecule has 3 rings (SSSR count). The molecule has 1 aliphatic heterocycles. The Bertz CT molecular complexity index is 740. The van der Waals surface area contributed by atoms with Crippen LogP contribution >= 0.6 is 15.9 Å². The second-order valence-electron chi connectivity index (χ2n) is 6.07. The summed E-state index contributed by atoms with van der Waals surface area (Å²) in [6.07, 6.45) is 2.06. The van der Waals surface area contributed by atoms with Crippen LogP contribution in [0, 0.1) is 6.92 Å². The Labute approximate surface area is 151 Å². The molecule has 5 heteroatoms. The zero-order valence-corrected chi connectivity index (χ0v) is 15.5. The first-order valence-electron chi connectivity index (χ1n) is 8.14. The number of benzene rings is 1. The standard InChI is InChI=1S/C19H21BrN2O2/c1-13-17(19(23)22-10-8-16(24-2)9-11-22)6-7-18(21-13)14-4-3-5-15(20)12-14/h3-7,12,16H,8-11H2,1-2H3. The van der Waals surface area contributed by atoms with Crippen LogP contribution in [0.3, 0.4) is 0 Å². The normalized spacial score (nSPS) is 15.5. The number of aromatic nitrogens is 1. The zero-order valence-electron chi connectivity index (χ0n) is 14.0. The van der Waals surface area contributed by atoms with E-state index in [1.165, 1.54) is 0 Å². The molecule has 1 aromatic carbocycles. The SMILES string of the molecule is COC1CCN(C(=O)c2ccc(-c3cccc(Br)c3)nc2C)CC1. The van der Waals surface area contributed by atoms with E-state index in [1.807, 2.05) is 48.2 Å². The molecule has 0 bridgehead atoms. The summed E-state index contributed by atoms with van der Waals surface area (Å²) < 4.78 is 6.38. The summed E-state index contributed by atoms with van der Waals surface area (Å²) in [6.45, 7) is 3.38. The molecule has 0 spiro atoms. The van der Waals surface area contributed by atoms with Crippen LogP contribution in [0.1, 0.15) is 28.9 Å². The number of aryl methyl sites for hydroxylation is 1. The van der Waals surface area contributed by atoms with Crippen molar-refractivity contribution < 1.29 is 9.53 Å². The molecule has 0 radical (unpaired) electrons. The van der Waals surface area contributed by atoms with Gasteiger partial charge in [0.1, 0.15) is 0 Å². The van der Waals surface area contributed by atoms with Crippen LogP contribution < -0.4 is 0 Å². The van der Waals surface area contributed by atoms with Gasteiger partial charge in [-0.05, 0) is 44.0 Å². The van der Waals surface area contributed by atoms with Gasteiger partial charge in [0, 0.05) is 30.2 Å². The van der Waals surface area contributed by atoms with Gasteiger partial charge in [0.25, 0.3) is 5.91 Å². The Hall–Kier alpha value is -1.72. The Kier molecular flexibility index (Phi) is 5.31. The maximum atomic E-state index is 12.8. The Balaban J connectivity index is 1.79. The molecule has 0 atom stereocenters. The number of ether oxygens (including phenoxy) is 1. The molecule has 1 amide bonds. The van der Waals surface area contributed by atoms with Gasteiger partial charge in [0.05, 0.1) is 23.1 Å². The second-order valence-corrected chi connectivity index (χ2v) is 6.98. The number of nitrogens with zero attached hydrogens (tertiary/aromatic N) is 2. The van der Waals surface area contributed by atoms with Crippen molar-refractivity contribution in [3.05, 3.63) is 52.1 Å². The molecule has 0 N–H and O–H groups in total. The number of carbonyl (C=O) groups excluding carboxylic acids is 1. The van der Waals surface area contributed by atoms with Gasteiger partial charge in [-0.25, -0.2) is 0 Å². The van der Waals surface area contributed by atoms with E-state index in [4.69, 9.17) is 4.74 Å². The van der Waals surface area contributed by atoms with Crippen molar-refractivity contribution in [2.24, 2.45) is 0 Å². The molecule has 1 aromatic heterocycles. The van der Waals surface area contributed by atoms with E-state index in [-0.39, 0.29) is 12.0 Å². The second kappa shape index (κ2) is 7.45. The summed E-state index contributed by atoms with van der Waals surface area (Å²) in [5.74, 6) is 0.0651. The van der Waals surface area contributed by atoms with Crippen LogP contribution in [0.2, 0.25) is 0 Å². The molecular weight excluding hydrogens is 368 g/mol. The van der Waals surface area contributed by atoms with E-state index < -0.39 is 0 Å². The molecule has 0 aliphatic carbocycles. The van der Waals surface area contributed by atoms with Crippen molar-refractivity contribution in [3.63, 3.8) is 0 Å². The fourth-order valence-corrected chi connectivity index (χ4v) is 3.46. The van der Waals surface area contributed by atoms with Gasteiger partial charge in [0.15, 0.2) is 0 Å². The first kappa shape index (κ1) is 17.1. The van der Waals surface area contributed by atoms with Gasteiger partial charge < -0.3 is 9.64 Å². The van der Waals surface area contributed by atoms with E-state index in [9.17, 15) is 4.79 Å². The fourth-order valence-electron chi connectivity index (χ4n) is 3.06. The maximum absolute atomic E-state index is 12.8. The lowest BCUT2D eigenvalue weighted by Gasteiger charge is -2.31. The van der Waals surface area contributed by atoms with Crippen LogP contribution in [-0.4, -0.2) is 42.1 Å².